The van der Waals surface area contributed by atoms with Gasteiger partial charge in [-0.3, -0.25) is 4.79 Å². The summed E-state index contributed by atoms with van der Waals surface area (Å²) < 4.78 is 0.715. The first-order valence-corrected chi connectivity index (χ1v) is 6.29. The van der Waals surface area contributed by atoms with E-state index in [1.54, 1.807) is 6.07 Å². The van der Waals surface area contributed by atoms with Crippen molar-refractivity contribution >= 4 is 38.6 Å². The number of rotatable bonds is 4. The Morgan fingerprint density at radius 2 is 2.26 bits per heavy atom. The lowest BCUT2D eigenvalue weighted by Gasteiger charge is -1.97. The number of nitrogens with one attached hydrogen (secondary N) is 1. The van der Waals surface area contributed by atoms with Gasteiger partial charge in [0.15, 0.2) is 5.13 Å². The molecular weight excluding hydrogens is 264 g/mol. The van der Waals surface area contributed by atoms with Crippen LogP contribution in [0.1, 0.15) is 23.2 Å². The number of amides is 1. The Hall–Kier alpha value is -2.39. The molecule has 0 aliphatic rings. The van der Waals surface area contributed by atoms with Crippen LogP contribution in [0.3, 0.4) is 0 Å². The second kappa shape index (κ2) is 5.50. The van der Waals surface area contributed by atoms with E-state index in [0.717, 1.165) is 0 Å². The van der Waals surface area contributed by atoms with Crippen LogP contribution >= 0.6 is 11.3 Å². The van der Waals surface area contributed by atoms with Gasteiger partial charge in [-0.15, -0.1) is 12.3 Å². The molecule has 2 rings (SSSR count). The van der Waals surface area contributed by atoms with E-state index in [1.807, 2.05) is 0 Å². The van der Waals surface area contributed by atoms with Crippen LogP contribution < -0.4 is 5.32 Å². The molecule has 0 radical (unpaired) electrons. The molecule has 0 fully saturated rings. The molecule has 0 saturated carbocycles. The Bertz CT molecular complexity index is 685. The summed E-state index contributed by atoms with van der Waals surface area (Å²) in [6.45, 7) is 0. The van der Waals surface area contributed by atoms with E-state index in [-0.39, 0.29) is 17.9 Å². The van der Waals surface area contributed by atoms with Gasteiger partial charge < -0.3 is 10.4 Å². The molecule has 0 atom stereocenters. The van der Waals surface area contributed by atoms with E-state index >= 15 is 0 Å². The molecule has 0 bridgehead atoms. The molecule has 96 valence electrons. The molecule has 0 spiro atoms. The van der Waals surface area contributed by atoms with Gasteiger partial charge in [-0.05, 0) is 18.2 Å². The molecule has 1 amide bonds. The van der Waals surface area contributed by atoms with Gasteiger partial charge in [0, 0.05) is 12.8 Å². The summed E-state index contributed by atoms with van der Waals surface area (Å²) in [7, 11) is 0. The van der Waals surface area contributed by atoms with Crippen molar-refractivity contribution in [2.75, 3.05) is 5.32 Å². The highest BCUT2D eigenvalue weighted by atomic mass is 32.1. The van der Waals surface area contributed by atoms with E-state index in [2.05, 4.69) is 16.2 Å². The van der Waals surface area contributed by atoms with E-state index in [1.165, 1.54) is 23.5 Å². The van der Waals surface area contributed by atoms with Crippen molar-refractivity contribution in [3.05, 3.63) is 23.8 Å². The fourth-order valence-corrected chi connectivity index (χ4v) is 2.40. The number of thiazole rings is 1. The highest BCUT2D eigenvalue weighted by molar-refractivity contribution is 7.22. The van der Waals surface area contributed by atoms with Gasteiger partial charge in [-0.1, -0.05) is 11.3 Å². The first-order chi connectivity index (χ1) is 9.10. The van der Waals surface area contributed by atoms with Gasteiger partial charge in [0.1, 0.15) is 0 Å². The SMILES string of the molecule is C#CCCC(=O)Nc1nc2ccc(C(=O)O)cc2s1. The molecule has 6 heteroatoms. The first kappa shape index (κ1) is 13.1. The number of carboxylic acids is 1. The third kappa shape index (κ3) is 3.09. The molecule has 1 aromatic carbocycles. The number of hydrogen-bond acceptors (Lipinski definition) is 4. The van der Waals surface area contributed by atoms with Gasteiger partial charge in [-0.2, -0.15) is 0 Å². The van der Waals surface area contributed by atoms with Crippen LogP contribution in [0.2, 0.25) is 0 Å². The number of fused-ring (bicyclic) bond motifs is 1. The predicted octanol–water partition coefficient (Wildman–Crippen LogP) is 2.35. The zero-order valence-electron chi connectivity index (χ0n) is 9.84. The van der Waals surface area contributed by atoms with Crippen LogP contribution in [0.4, 0.5) is 5.13 Å². The Labute approximate surface area is 113 Å². The smallest absolute Gasteiger partial charge is 0.335 e. The molecule has 2 N–H and O–H groups in total. The van der Waals surface area contributed by atoms with E-state index in [4.69, 9.17) is 11.5 Å². The number of aromatic carboxylic acids is 1. The molecular formula is C13H10N2O3S. The standard InChI is InChI=1S/C13H10N2O3S/c1-2-3-4-11(16)15-13-14-9-6-5-8(12(17)18)7-10(9)19-13/h1,5-7H,3-4H2,(H,17,18)(H,14,15,16). The minimum Gasteiger partial charge on any atom is -0.478 e. The van der Waals surface area contributed by atoms with E-state index < -0.39 is 5.97 Å². The third-order valence-electron chi connectivity index (χ3n) is 2.38. The largest absolute Gasteiger partial charge is 0.478 e. The quantitative estimate of drug-likeness (QED) is 0.839. The predicted molar refractivity (Wildman–Crippen MR) is 73.3 cm³/mol. The van der Waals surface area contributed by atoms with Gasteiger partial charge in [0.25, 0.3) is 0 Å². The number of anilines is 1. The van der Waals surface area contributed by atoms with Crippen LogP contribution in [-0.4, -0.2) is 22.0 Å². The second-order valence-corrected chi connectivity index (χ2v) is 4.79. The average molecular weight is 274 g/mol. The number of benzene rings is 1. The summed E-state index contributed by atoms with van der Waals surface area (Å²) in [5.41, 5.74) is 0.851. The fraction of sp³-hybridized carbons (Fsp3) is 0.154. The summed E-state index contributed by atoms with van der Waals surface area (Å²) in [6, 6.07) is 4.63. The lowest BCUT2D eigenvalue weighted by molar-refractivity contribution is -0.116. The number of aromatic nitrogens is 1. The highest BCUT2D eigenvalue weighted by Crippen LogP contribution is 2.26. The zero-order chi connectivity index (χ0) is 13.8. The maximum Gasteiger partial charge on any atom is 0.335 e. The minimum absolute atomic E-state index is 0.196. The summed E-state index contributed by atoms with van der Waals surface area (Å²) in [6.07, 6.45) is 5.70. The molecule has 0 unspecified atom stereocenters. The number of nitrogens with zero attached hydrogens (tertiary/aromatic N) is 1. The van der Waals surface area contributed by atoms with Gasteiger partial charge in [0.2, 0.25) is 5.91 Å². The van der Waals surface area contributed by atoms with Crippen LogP contribution in [0.5, 0.6) is 0 Å². The maximum absolute atomic E-state index is 11.5. The summed E-state index contributed by atoms with van der Waals surface area (Å²) in [5.74, 6) is 1.20. The van der Waals surface area contributed by atoms with Crippen molar-refractivity contribution in [2.24, 2.45) is 0 Å². The number of hydrogen-bond donors (Lipinski definition) is 2. The molecule has 19 heavy (non-hydrogen) atoms. The Morgan fingerprint density at radius 3 is 2.95 bits per heavy atom. The van der Waals surface area contributed by atoms with Crippen LogP contribution in [0.25, 0.3) is 10.2 Å². The van der Waals surface area contributed by atoms with Crippen LogP contribution in [-0.2, 0) is 4.79 Å². The Balaban J connectivity index is 2.20. The average Bonchev–Trinajstić information content (AvgIpc) is 2.77. The molecule has 1 aromatic heterocycles. The van der Waals surface area contributed by atoms with Crippen LogP contribution in [0, 0.1) is 12.3 Å². The van der Waals surface area contributed by atoms with Crippen molar-refractivity contribution in [2.45, 2.75) is 12.8 Å². The molecule has 1 heterocycles. The van der Waals surface area contributed by atoms with Crippen molar-refractivity contribution in [3.8, 4) is 12.3 Å². The Morgan fingerprint density at radius 1 is 1.47 bits per heavy atom. The highest BCUT2D eigenvalue weighted by Gasteiger charge is 2.10. The Kier molecular flexibility index (Phi) is 3.78. The lowest BCUT2D eigenvalue weighted by atomic mass is 10.2. The topological polar surface area (TPSA) is 79.3 Å². The zero-order valence-corrected chi connectivity index (χ0v) is 10.7. The molecule has 0 saturated heterocycles. The number of terminal acetylenes is 1. The van der Waals surface area contributed by atoms with Crippen molar-refractivity contribution in [3.63, 3.8) is 0 Å². The number of carbonyl (C=O) groups is 2. The van der Waals surface area contributed by atoms with Gasteiger partial charge >= 0.3 is 5.97 Å². The molecule has 5 nitrogen and oxygen atoms in total. The molecule has 0 aliphatic heterocycles. The van der Waals surface area contributed by atoms with Crippen molar-refractivity contribution in [1.82, 2.24) is 4.98 Å². The van der Waals surface area contributed by atoms with Gasteiger partial charge in [0.05, 0.1) is 15.8 Å². The number of carbonyl (C=O) groups excluding carboxylic acids is 1. The summed E-state index contributed by atoms with van der Waals surface area (Å²) in [5, 5.41) is 12.0. The maximum atomic E-state index is 11.5. The van der Waals surface area contributed by atoms with Crippen molar-refractivity contribution < 1.29 is 14.7 Å². The second-order valence-electron chi connectivity index (χ2n) is 3.76. The normalized spacial score (nSPS) is 10.1. The lowest BCUT2D eigenvalue weighted by Crippen LogP contribution is -2.10. The molecule has 2 aromatic rings. The fourth-order valence-electron chi connectivity index (χ4n) is 1.48. The van der Waals surface area contributed by atoms with Crippen LogP contribution in [0.15, 0.2) is 18.2 Å². The first-order valence-electron chi connectivity index (χ1n) is 5.47. The minimum atomic E-state index is -0.991. The van der Waals surface area contributed by atoms with E-state index in [9.17, 15) is 9.59 Å². The third-order valence-corrected chi connectivity index (χ3v) is 3.31. The molecule has 0 aliphatic carbocycles. The monoisotopic (exact) mass is 274 g/mol. The summed E-state index contributed by atoms with van der Waals surface area (Å²) >= 11 is 1.23. The summed E-state index contributed by atoms with van der Waals surface area (Å²) in [4.78, 5) is 26.5. The van der Waals surface area contributed by atoms with Gasteiger partial charge in [-0.25, -0.2) is 9.78 Å². The van der Waals surface area contributed by atoms with Crippen molar-refractivity contribution in [1.29, 1.82) is 0 Å². The number of carboxylic acid groups (broad SMARTS) is 1. The van der Waals surface area contributed by atoms with E-state index in [0.29, 0.717) is 21.8 Å².